The minimum absolute atomic E-state index is 0.0694. The van der Waals surface area contributed by atoms with Crippen LogP contribution in [-0.4, -0.2) is 25.1 Å². The summed E-state index contributed by atoms with van der Waals surface area (Å²) in [4.78, 5) is 12.6. The Bertz CT molecular complexity index is 687. The van der Waals surface area contributed by atoms with Gasteiger partial charge in [0.15, 0.2) is 5.78 Å². The second-order valence-electron chi connectivity index (χ2n) is 4.69. The van der Waals surface area contributed by atoms with Gasteiger partial charge in [0.25, 0.3) is 0 Å². The smallest absolute Gasteiger partial charge is 0.196 e. The van der Waals surface area contributed by atoms with E-state index in [2.05, 4.69) is 6.58 Å². The zero-order chi connectivity index (χ0) is 16.1. The minimum atomic E-state index is -0.256. The highest BCUT2D eigenvalue weighted by atomic mass is 16.5. The summed E-state index contributed by atoms with van der Waals surface area (Å²) in [5, 5.41) is 10.4. The number of ether oxygens (including phenoxy) is 2. The van der Waals surface area contributed by atoms with E-state index in [1.165, 1.54) is 7.11 Å². The highest BCUT2D eigenvalue weighted by Crippen LogP contribution is 2.33. The standard InChI is InChI=1S/C18H18O4/c1-4-5-14-16(22-3)11-10-15(18(14)20)17(19)12-6-8-13(21-2)9-7-12/h4,6-11,20H,1,5H2,2-3H3. The molecule has 0 atom stereocenters. The zero-order valence-corrected chi connectivity index (χ0v) is 12.6. The molecule has 0 aliphatic heterocycles. The molecule has 0 amide bonds. The van der Waals surface area contributed by atoms with Gasteiger partial charge in [-0.25, -0.2) is 0 Å². The molecule has 1 N–H and O–H groups in total. The molecule has 2 aromatic carbocycles. The molecule has 114 valence electrons. The Morgan fingerprint density at radius 1 is 1.14 bits per heavy atom. The Hall–Kier alpha value is -2.75. The molecule has 0 heterocycles. The van der Waals surface area contributed by atoms with Crippen molar-refractivity contribution < 1.29 is 19.4 Å². The third kappa shape index (κ3) is 2.96. The third-order valence-corrected chi connectivity index (χ3v) is 3.40. The van der Waals surface area contributed by atoms with Gasteiger partial charge in [0, 0.05) is 11.1 Å². The summed E-state index contributed by atoms with van der Waals surface area (Å²) in [6.45, 7) is 3.66. The molecule has 0 aromatic heterocycles. The lowest BCUT2D eigenvalue weighted by Gasteiger charge is -2.12. The van der Waals surface area contributed by atoms with Gasteiger partial charge in [0.2, 0.25) is 0 Å². The molecule has 22 heavy (non-hydrogen) atoms. The van der Waals surface area contributed by atoms with Crippen LogP contribution in [-0.2, 0) is 6.42 Å². The number of allylic oxidation sites excluding steroid dienone is 1. The van der Waals surface area contributed by atoms with Crippen LogP contribution in [0.5, 0.6) is 17.2 Å². The second kappa shape index (κ2) is 6.80. The second-order valence-corrected chi connectivity index (χ2v) is 4.69. The predicted octanol–water partition coefficient (Wildman–Crippen LogP) is 3.37. The van der Waals surface area contributed by atoms with E-state index in [1.807, 2.05) is 0 Å². The fraction of sp³-hybridized carbons (Fsp3) is 0.167. The molecule has 2 rings (SSSR count). The Kier molecular flexibility index (Phi) is 4.84. The van der Waals surface area contributed by atoms with E-state index in [0.29, 0.717) is 29.0 Å². The van der Waals surface area contributed by atoms with Crippen molar-refractivity contribution >= 4 is 5.78 Å². The highest BCUT2D eigenvalue weighted by molar-refractivity contribution is 6.11. The van der Waals surface area contributed by atoms with Crippen molar-refractivity contribution in [3.05, 3.63) is 65.7 Å². The van der Waals surface area contributed by atoms with Crippen molar-refractivity contribution in [1.82, 2.24) is 0 Å². The average molecular weight is 298 g/mol. The maximum Gasteiger partial charge on any atom is 0.196 e. The summed E-state index contributed by atoms with van der Waals surface area (Å²) in [5.41, 5.74) is 1.27. The summed E-state index contributed by atoms with van der Waals surface area (Å²) in [7, 11) is 3.08. The van der Waals surface area contributed by atoms with Crippen molar-refractivity contribution in [1.29, 1.82) is 0 Å². The number of methoxy groups -OCH3 is 2. The van der Waals surface area contributed by atoms with E-state index in [1.54, 1.807) is 49.6 Å². The van der Waals surface area contributed by atoms with Crippen LogP contribution in [0.4, 0.5) is 0 Å². The van der Waals surface area contributed by atoms with Gasteiger partial charge in [-0.3, -0.25) is 4.79 Å². The number of carbonyl (C=O) groups is 1. The maximum atomic E-state index is 12.6. The molecule has 0 unspecified atom stereocenters. The molecule has 0 aliphatic carbocycles. The lowest BCUT2D eigenvalue weighted by atomic mass is 9.98. The van der Waals surface area contributed by atoms with Crippen LogP contribution in [0, 0.1) is 0 Å². The largest absolute Gasteiger partial charge is 0.507 e. The molecule has 4 heteroatoms. The van der Waals surface area contributed by atoms with Crippen LogP contribution >= 0.6 is 0 Å². The molecule has 2 aromatic rings. The number of hydrogen-bond donors (Lipinski definition) is 1. The molecular weight excluding hydrogens is 280 g/mol. The molecule has 0 bridgehead atoms. The first kappa shape index (κ1) is 15.6. The zero-order valence-electron chi connectivity index (χ0n) is 12.6. The molecular formula is C18H18O4. The van der Waals surface area contributed by atoms with Gasteiger partial charge in [0.1, 0.15) is 17.2 Å². The molecule has 0 aliphatic rings. The fourth-order valence-corrected chi connectivity index (χ4v) is 2.23. The third-order valence-electron chi connectivity index (χ3n) is 3.40. The number of benzene rings is 2. The summed E-state index contributed by atoms with van der Waals surface area (Å²) in [5.74, 6) is 0.875. The Balaban J connectivity index is 2.44. The Labute approximate surface area is 129 Å². The van der Waals surface area contributed by atoms with Crippen molar-refractivity contribution in [2.45, 2.75) is 6.42 Å². The van der Waals surface area contributed by atoms with E-state index < -0.39 is 0 Å². The summed E-state index contributed by atoms with van der Waals surface area (Å²) in [6.07, 6.45) is 2.07. The quantitative estimate of drug-likeness (QED) is 0.656. The first-order chi connectivity index (χ1) is 10.6. The van der Waals surface area contributed by atoms with Gasteiger partial charge in [-0.1, -0.05) is 6.08 Å². The van der Waals surface area contributed by atoms with Gasteiger partial charge in [-0.15, -0.1) is 6.58 Å². The number of ketones is 1. The fourth-order valence-electron chi connectivity index (χ4n) is 2.23. The number of rotatable bonds is 6. The van der Waals surface area contributed by atoms with Gasteiger partial charge in [-0.05, 0) is 42.8 Å². The lowest BCUT2D eigenvalue weighted by Crippen LogP contribution is -2.04. The van der Waals surface area contributed by atoms with Gasteiger partial charge >= 0.3 is 0 Å². The summed E-state index contributed by atoms with van der Waals surface area (Å²) >= 11 is 0. The number of aromatic hydroxyl groups is 1. The topological polar surface area (TPSA) is 55.8 Å². The lowest BCUT2D eigenvalue weighted by molar-refractivity contribution is 0.103. The molecule has 0 fully saturated rings. The average Bonchev–Trinajstić information content (AvgIpc) is 2.56. The number of phenols is 1. The van der Waals surface area contributed by atoms with Gasteiger partial charge in [-0.2, -0.15) is 0 Å². The normalized spacial score (nSPS) is 10.1. The van der Waals surface area contributed by atoms with Gasteiger partial charge in [0.05, 0.1) is 19.8 Å². The number of carbonyl (C=O) groups excluding carboxylic acids is 1. The van der Waals surface area contributed by atoms with Crippen LogP contribution in [0.2, 0.25) is 0 Å². The molecule has 4 nitrogen and oxygen atoms in total. The number of hydrogen-bond acceptors (Lipinski definition) is 4. The van der Waals surface area contributed by atoms with Crippen LogP contribution in [0.15, 0.2) is 49.1 Å². The van der Waals surface area contributed by atoms with Crippen LogP contribution in [0.25, 0.3) is 0 Å². The predicted molar refractivity (Wildman–Crippen MR) is 85.0 cm³/mol. The first-order valence-corrected chi connectivity index (χ1v) is 6.80. The van der Waals surface area contributed by atoms with Crippen molar-refractivity contribution in [2.24, 2.45) is 0 Å². The van der Waals surface area contributed by atoms with E-state index in [4.69, 9.17) is 9.47 Å². The molecule has 0 spiro atoms. The van der Waals surface area contributed by atoms with E-state index in [0.717, 1.165) is 0 Å². The maximum absolute atomic E-state index is 12.6. The van der Waals surface area contributed by atoms with Crippen molar-refractivity contribution in [2.75, 3.05) is 14.2 Å². The van der Waals surface area contributed by atoms with E-state index in [-0.39, 0.29) is 17.1 Å². The number of phenolic OH excluding ortho intramolecular Hbond substituents is 1. The van der Waals surface area contributed by atoms with Crippen molar-refractivity contribution in [3.63, 3.8) is 0 Å². The Morgan fingerprint density at radius 3 is 2.36 bits per heavy atom. The van der Waals surface area contributed by atoms with Gasteiger partial charge < -0.3 is 14.6 Å². The monoisotopic (exact) mass is 298 g/mol. The van der Waals surface area contributed by atoms with E-state index >= 15 is 0 Å². The van der Waals surface area contributed by atoms with Crippen LogP contribution in [0.3, 0.4) is 0 Å². The molecule has 0 saturated heterocycles. The summed E-state index contributed by atoms with van der Waals surface area (Å²) in [6, 6.07) is 9.98. The molecule has 0 saturated carbocycles. The van der Waals surface area contributed by atoms with Crippen molar-refractivity contribution in [3.8, 4) is 17.2 Å². The molecule has 0 radical (unpaired) electrons. The minimum Gasteiger partial charge on any atom is -0.507 e. The highest BCUT2D eigenvalue weighted by Gasteiger charge is 2.18. The van der Waals surface area contributed by atoms with Crippen LogP contribution < -0.4 is 9.47 Å². The first-order valence-electron chi connectivity index (χ1n) is 6.80. The SMILES string of the molecule is C=CCc1c(OC)ccc(C(=O)c2ccc(OC)cc2)c1O. The summed E-state index contributed by atoms with van der Waals surface area (Å²) < 4.78 is 10.3. The van der Waals surface area contributed by atoms with Crippen LogP contribution in [0.1, 0.15) is 21.5 Å². The van der Waals surface area contributed by atoms with E-state index in [9.17, 15) is 9.90 Å². The Morgan fingerprint density at radius 2 is 1.82 bits per heavy atom.